The number of aromatic nitrogens is 3. The molecule has 2 rings (SSSR count). The molecule has 0 aliphatic rings. The first-order valence-corrected chi connectivity index (χ1v) is 4.07. The van der Waals surface area contributed by atoms with Crippen LogP contribution in [0, 0.1) is 0 Å². The van der Waals surface area contributed by atoms with E-state index in [-0.39, 0.29) is 0 Å². The maximum atomic E-state index is 4.26. The summed E-state index contributed by atoms with van der Waals surface area (Å²) in [4.78, 5) is 4.26. The summed E-state index contributed by atoms with van der Waals surface area (Å²) in [5.41, 5.74) is 2.17. The minimum absolute atomic E-state index is 0.484. The van der Waals surface area contributed by atoms with E-state index in [1.165, 1.54) is 5.56 Å². The maximum Gasteiger partial charge on any atom is 0.158 e. The van der Waals surface area contributed by atoms with Gasteiger partial charge in [-0.2, -0.15) is 5.10 Å². The number of hydrogen-bond acceptors (Lipinski definition) is 2. The molecule has 0 atom stereocenters. The average molecular weight is 161 g/mol. The van der Waals surface area contributed by atoms with Crippen LogP contribution < -0.4 is 0 Å². The van der Waals surface area contributed by atoms with Crippen molar-refractivity contribution in [2.24, 2.45) is 0 Å². The van der Waals surface area contributed by atoms with Crippen molar-refractivity contribution < 1.29 is 0 Å². The van der Waals surface area contributed by atoms with Gasteiger partial charge in [-0.3, -0.25) is 0 Å². The molecule has 0 radical (unpaired) electrons. The lowest BCUT2D eigenvalue weighted by molar-refractivity contribution is 0.871. The molecule has 0 unspecified atom stereocenters. The number of fused-ring (bicyclic) bond motifs is 1. The van der Waals surface area contributed by atoms with Gasteiger partial charge in [0.1, 0.15) is 0 Å². The molecule has 3 heteroatoms. The molecular weight excluding hydrogens is 150 g/mol. The lowest BCUT2D eigenvalue weighted by atomic mass is 10.1. The third-order valence-corrected chi connectivity index (χ3v) is 1.93. The van der Waals surface area contributed by atoms with Crippen molar-refractivity contribution in [3.8, 4) is 0 Å². The van der Waals surface area contributed by atoms with Gasteiger partial charge in [-0.15, -0.1) is 0 Å². The van der Waals surface area contributed by atoms with E-state index in [0.717, 1.165) is 5.65 Å². The molecule has 0 N–H and O–H groups in total. The Labute approximate surface area is 71.1 Å². The summed E-state index contributed by atoms with van der Waals surface area (Å²) in [7, 11) is 0. The van der Waals surface area contributed by atoms with Gasteiger partial charge < -0.3 is 0 Å². The second kappa shape index (κ2) is 2.59. The third-order valence-electron chi connectivity index (χ3n) is 1.93. The Kier molecular flexibility index (Phi) is 1.57. The Morgan fingerprint density at radius 1 is 1.42 bits per heavy atom. The van der Waals surface area contributed by atoms with Crippen molar-refractivity contribution >= 4 is 5.65 Å². The molecule has 2 aromatic heterocycles. The summed E-state index contributed by atoms with van der Waals surface area (Å²) >= 11 is 0. The molecule has 0 saturated heterocycles. The smallest absolute Gasteiger partial charge is 0.158 e. The summed E-state index contributed by atoms with van der Waals surface area (Å²) in [6, 6.07) is 1.88. The Morgan fingerprint density at radius 3 is 3.00 bits per heavy atom. The van der Waals surface area contributed by atoms with E-state index in [1.807, 2.05) is 18.5 Å². The van der Waals surface area contributed by atoms with Gasteiger partial charge in [0.05, 0.1) is 6.20 Å². The monoisotopic (exact) mass is 161 g/mol. The van der Waals surface area contributed by atoms with Crippen LogP contribution in [0.25, 0.3) is 5.65 Å². The molecule has 0 aliphatic heterocycles. The van der Waals surface area contributed by atoms with Gasteiger partial charge in [0.25, 0.3) is 0 Å². The Bertz CT molecular complexity index is 389. The highest BCUT2D eigenvalue weighted by Gasteiger charge is 2.06. The zero-order chi connectivity index (χ0) is 8.55. The van der Waals surface area contributed by atoms with Gasteiger partial charge in [-0.1, -0.05) is 13.8 Å². The molecular formula is C9H11N3. The molecule has 12 heavy (non-hydrogen) atoms. The quantitative estimate of drug-likeness (QED) is 0.639. The molecule has 0 aliphatic carbocycles. The predicted octanol–water partition coefficient (Wildman–Crippen LogP) is 1.85. The van der Waals surface area contributed by atoms with Crippen LogP contribution in [0.5, 0.6) is 0 Å². The van der Waals surface area contributed by atoms with Gasteiger partial charge in [0.2, 0.25) is 0 Å². The molecule has 2 aromatic rings. The van der Waals surface area contributed by atoms with Crippen LogP contribution in [0.3, 0.4) is 0 Å². The van der Waals surface area contributed by atoms with E-state index >= 15 is 0 Å². The zero-order valence-corrected chi connectivity index (χ0v) is 7.23. The first-order valence-electron chi connectivity index (χ1n) is 4.07. The van der Waals surface area contributed by atoms with E-state index in [1.54, 1.807) is 10.7 Å². The van der Waals surface area contributed by atoms with E-state index in [4.69, 9.17) is 0 Å². The molecule has 0 bridgehead atoms. The fourth-order valence-corrected chi connectivity index (χ4v) is 1.25. The molecule has 2 heterocycles. The van der Waals surface area contributed by atoms with Crippen LogP contribution in [0.4, 0.5) is 0 Å². The second-order valence-electron chi connectivity index (χ2n) is 3.14. The Morgan fingerprint density at radius 2 is 2.25 bits per heavy atom. The minimum atomic E-state index is 0.484. The fourth-order valence-electron chi connectivity index (χ4n) is 1.25. The van der Waals surface area contributed by atoms with E-state index < -0.39 is 0 Å². The second-order valence-corrected chi connectivity index (χ2v) is 3.14. The van der Waals surface area contributed by atoms with Gasteiger partial charge in [-0.25, -0.2) is 9.50 Å². The standard InChI is InChI=1S/C9H11N3/c1-7(2)8-6-11-12-5-3-4-10-9(8)12/h3-7H,1-2H3. The normalized spacial score (nSPS) is 11.2. The first kappa shape index (κ1) is 7.28. The van der Waals surface area contributed by atoms with Crippen LogP contribution >= 0.6 is 0 Å². The molecule has 0 amide bonds. The number of hydrogen-bond donors (Lipinski definition) is 0. The van der Waals surface area contributed by atoms with Crippen LogP contribution in [-0.2, 0) is 0 Å². The third kappa shape index (κ3) is 0.978. The van der Waals surface area contributed by atoms with Crippen molar-refractivity contribution in [2.45, 2.75) is 19.8 Å². The van der Waals surface area contributed by atoms with E-state index in [2.05, 4.69) is 23.9 Å². The largest absolute Gasteiger partial charge is 0.237 e. The maximum absolute atomic E-state index is 4.26. The predicted molar refractivity (Wildman–Crippen MR) is 47.1 cm³/mol. The van der Waals surface area contributed by atoms with Crippen LogP contribution in [-0.4, -0.2) is 14.6 Å². The lowest BCUT2D eigenvalue weighted by Gasteiger charge is -1.99. The van der Waals surface area contributed by atoms with Crippen molar-refractivity contribution in [3.05, 3.63) is 30.2 Å². The lowest BCUT2D eigenvalue weighted by Crippen LogP contribution is -1.90. The molecule has 0 aromatic carbocycles. The molecule has 0 saturated carbocycles. The Balaban J connectivity index is 2.70. The highest BCUT2D eigenvalue weighted by molar-refractivity contribution is 5.47. The topological polar surface area (TPSA) is 30.2 Å². The Hall–Kier alpha value is -1.38. The summed E-state index contributed by atoms with van der Waals surface area (Å²) in [6.45, 7) is 4.29. The van der Waals surface area contributed by atoms with Gasteiger partial charge in [0, 0.05) is 18.0 Å². The zero-order valence-electron chi connectivity index (χ0n) is 7.23. The molecule has 0 spiro atoms. The molecule has 62 valence electrons. The molecule has 3 nitrogen and oxygen atoms in total. The first-order chi connectivity index (χ1) is 5.79. The number of rotatable bonds is 1. The molecule has 0 fully saturated rings. The van der Waals surface area contributed by atoms with E-state index in [9.17, 15) is 0 Å². The summed E-state index contributed by atoms with van der Waals surface area (Å²) in [5, 5.41) is 4.19. The van der Waals surface area contributed by atoms with Gasteiger partial charge >= 0.3 is 0 Å². The summed E-state index contributed by atoms with van der Waals surface area (Å²) in [6.07, 6.45) is 5.59. The van der Waals surface area contributed by atoms with Crippen LogP contribution in [0.1, 0.15) is 25.3 Å². The highest BCUT2D eigenvalue weighted by atomic mass is 15.2. The van der Waals surface area contributed by atoms with E-state index in [0.29, 0.717) is 5.92 Å². The minimum Gasteiger partial charge on any atom is -0.237 e. The summed E-state index contributed by atoms with van der Waals surface area (Å²) in [5.74, 6) is 0.484. The van der Waals surface area contributed by atoms with Gasteiger partial charge in [-0.05, 0) is 12.0 Å². The van der Waals surface area contributed by atoms with Crippen molar-refractivity contribution in [2.75, 3.05) is 0 Å². The average Bonchev–Trinajstić information content (AvgIpc) is 2.47. The van der Waals surface area contributed by atoms with Crippen molar-refractivity contribution in [1.82, 2.24) is 14.6 Å². The van der Waals surface area contributed by atoms with Crippen LogP contribution in [0.2, 0.25) is 0 Å². The highest BCUT2D eigenvalue weighted by Crippen LogP contribution is 2.17. The van der Waals surface area contributed by atoms with Crippen LogP contribution in [0.15, 0.2) is 24.7 Å². The van der Waals surface area contributed by atoms with Crippen molar-refractivity contribution in [3.63, 3.8) is 0 Å². The SMILES string of the molecule is CC(C)c1cnn2cccnc12. The van der Waals surface area contributed by atoms with Crippen molar-refractivity contribution in [1.29, 1.82) is 0 Å². The van der Waals surface area contributed by atoms with Gasteiger partial charge in [0.15, 0.2) is 5.65 Å². The summed E-state index contributed by atoms with van der Waals surface area (Å²) < 4.78 is 1.80. The number of nitrogens with zero attached hydrogens (tertiary/aromatic N) is 3. The fraction of sp³-hybridized carbons (Fsp3) is 0.333.